The Hall–Kier alpha value is -3.61. The Morgan fingerprint density at radius 3 is 2.81 bits per heavy atom. The van der Waals surface area contributed by atoms with Crippen molar-refractivity contribution in [2.45, 2.75) is 6.54 Å². The van der Waals surface area contributed by atoms with Crippen molar-refractivity contribution in [1.82, 2.24) is 25.1 Å². The number of hydrogen-bond donors (Lipinski definition) is 3. The van der Waals surface area contributed by atoms with Gasteiger partial charge in [0.1, 0.15) is 11.4 Å². The number of aryl methyl sites for hydroxylation is 1. The van der Waals surface area contributed by atoms with Crippen molar-refractivity contribution in [2.24, 2.45) is 7.05 Å². The van der Waals surface area contributed by atoms with Crippen LogP contribution in [0, 0.1) is 0 Å². The molecule has 7 nitrogen and oxygen atoms in total. The predicted octanol–water partition coefficient (Wildman–Crippen LogP) is 2.58. The Morgan fingerprint density at radius 1 is 1.19 bits per heavy atom. The number of nitrogens with one attached hydrogen (secondary N) is 2. The molecule has 0 saturated heterocycles. The van der Waals surface area contributed by atoms with Gasteiger partial charge in [-0.05, 0) is 17.7 Å². The van der Waals surface area contributed by atoms with E-state index in [0.717, 1.165) is 16.6 Å². The van der Waals surface area contributed by atoms with Crippen molar-refractivity contribution < 1.29 is 9.90 Å². The average Bonchev–Trinajstić information content (AvgIpc) is 3.29. The van der Waals surface area contributed by atoms with Crippen molar-refractivity contribution in [3.05, 3.63) is 53.6 Å². The third-order valence-corrected chi connectivity index (χ3v) is 4.68. The van der Waals surface area contributed by atoms with Gasteiger partial charge in [0.25, 0.3) is 5.91 Å². The molecule has 2 aromatic carbocycles. The molecule has 7 heteroatoms. The van der Waals surface area contributed by atoms with E-state index in [1.54, 1.807) is 17.8 Å². The number of aromatic hydroxyl groups is 1. The molecule has 5 rings (SSSR count). The summed E-state index contributed by atoms with van der Waals surface area (Å²) in [5.74, 6) is 0.503. The molecule has 2 aromatic heterocycles. The highest BCUT2D eigenvalue weighted by atomic mass is 16.3. The molecule has 1 aliphatic rings. The number of aromatic nitrogens is 4. The van der Waals surface area contributed by atoms with Gasteiger partial charge in [0.05, 0.1) is 11.0 Å². The fraction of sp³-hybridized carbons (Fsp3) is 0.105. The Bertz CT molecular complexity index is 1170. The molecule has 26 heavy (non-hydrogen) atoms. The molecule has 0 spiro atoms. The number of hydrogen-bond acceptors (Lipinski definition) is 4. The van der Waals surface area contributed by atoms with Crippen molar-refractivity contribution in [2.75, 3.05) is 0 Å². The van der Waals surface area contributed by atoms with Crippen LogP contribution in [0.2, 0.25) is 0 Å². The van der Waals surface area contributed by atoms with Gasteiger partial charge in [0.15, 0.2) is 11.6 Å². The largest absolute Gasteiger partial charge is 0.504 e. The quantitative estimate of drug-likeness (QED) is 0.520. The van der Waals surface area contributed by atoms with Gasteiger partial charge < -0.3 is 15.4 Å². The SMILES string of the molecule is Cn1nc(-c2ccccc2)c(O)c1-c1nc2cc3c(cc2[nH]1)CNC3=O. The summed E-state index contributed by atoms with van der Waals surface area (Å²) in [6, 6.07) is 13.2. The fourth-order valence-electron chi connectivity index (χ4n) is 3.41. The van der Waals surface area contributed by atoms with Crippen LogP contribution >= 0.6 is 0 Å². The number of amides is 1. The van der Waals surface area contributed by atoms with Gasteiger partial charge in [-0.25, -0.2) is 4.98 Å². The van der Waals surface area contributed by atoms with Crippen molar-refractivity contribution in [3.8, 4) is 28.5 Å². The van der Waals surface area contributed by atoms with Crippen molar-refractivity contribution >= 4 is 16.9 Å². The minimum atomic E-state index is -0.0822. The molecule has 0 bridgehead atoms. The fourth-order valence-corrected chi connectivity index (χ4v) is 3.41. The first-order valence-corrected chi connectivity index (χ1v) is 8.24. The molecule has 0 radical (unpaired) electrons. The topological polar surface area (TPSA) is 95.8 Å². The molecule has 1 amide bonds. The number of carbonyl (C=O) groups is 1. The lowest BCUT2D eigenvalue weighted by Crippen LogP contribution is -2.12. The lowest BCUT2D eigenvalue weighted by molar-refractivity contribution is 0.0966. The Labute approximate surface area is 148 Å². The molecule has 1 aliphatic heterocycles. The predicted molar refractivity (Wildman–Crippen MR) is 96.6 cm³/mol. The number of carbonyl (C=O) groups excluding carboxylic acids is 1. The highest BCUT2D eigenvalue weighted by Gasteiger charge is 2.23. The van der Waals surface area contributed by atoms with Crippen LogP contribution in [-0.4, -0.2) is 30.8 Å². The summed E-state index contributed by atoms with van der Waals surface area (Å²) in [4.78, 5) is 19.7. The second-order valence-electron chi connectivity index (χ2n) is 6.33. The maximum atomic E-state index is 11.9. The zero-order chi connectivity index (χ0) is 17.8. The Balaban J connectivity index is 1.67. The molecule has 3 heterocycles. The van der Waals surface area contributed by atoms with E-state index in [2.05, 4.69) is 20.4 Å². The summed E-state index contributed by atoms with van der Waals surface area (Å²) >= 11 is 0. The molecule has 0 saturated carbocycles. The zero-order valence-corrected chi connectivity index (χ0v) is 13.9. The van der Waals surface area contributed by atoms with Gasteiger partial charge in [0.2, 0.25) is 0 Å². The maximum Gasteiger partial charge on any atom is 0.251 e. The Morgan fingerprint density at radius 2 is 2.00 bits per heavy atom. The molecular weight excluding hydrogens is 330 g/mol. The second-order valence-corrected chi connectivity index (χ2v) is 6.33. The van der Waals surface area contributed by atoms with Crippen LogP contribution in [0.15, 0.2) is 42.5 Å². The summed E-state index contributed by atoms with van der Waals surface area (Å²) in [6.45, 7) is 0.521. The van der Waals surface area contributed by atoms with E-state index in [1.807, 2.05) is 36.4 Å². The van der Waals surface area contributed by atoms with E-state index >= 15 is 0 Å². The molecule has 0 atom stereocenters. The lowest BCUT2D eigenvalue weighted by atomic mass is 10.1. The molecule has 3 N–H and O–H groups in total. The summed E-state index contributed by atoms with van der Waals surface area (Å²) < 4.78 is 1.61. The number of rotatable bonds is 2. The summed E-state index contributed by atoms with van der Waals surface area (Å²) in [5, 5.41) is 18.0. The van der Waals surface area contributed by atoms with Crippen LogP contribution in [0.3, 0.4) is 0 Å². The third kappa shape index (κ3) is 2.03. The van der Waals surface area contributed by atoms with E-state index < -0.39 is 0 Å². The van der Waals surface area contributed by atoms with E-state index in [-0.39, 0.29) is 11.7 Å². The lowest BCUT2D eigenvalue weighted by Gasteiger charge is -1.98. The third-order valence-electron chi connectivity index (χ3n) is 4.68. The van der Waals surface area contributed by atoms with E-state index in [4.69, 9.17) is 0 Å². The summed E-state index contributed by atoms with van der Waals surface area (Å²) in [7, 11) is 1.77. The molecule has 0 aliphatic carbocycles. The zero-order valence-electron chi connectivity index (χ0n) is 13.9. The monoisotopic (exact) mass is 345 g/mol. The van der Waals surface area contributed by atoms with Crippen LogP contribution in [0.4, 0.5) is 0 Å². The van der Waals surface area contributed by atoms with Crippen molar-refractivity contribution in [3.63, 3.8) is 0 Å². The van der Waals surface area contributed by atoms with Gasteiger partial charge in [-0.2, -0.15) is 5.10 Å². The first kappa shape index (κ1) is 14.7. The van der Waals surface area contributed by atoms with Gasteiger partial charge in [-0.15, -0.1) is 0 Å². The minimum absolute atomic E-state index is 0.0723. The van der Waals surface area contributed by atoms with E-state index in [1.165, 1.54) is 0 Å². The number of aromatic amines is 1. The highest BCUT2D eigenvalue weighted by Crippen LogP contribution is 2.37. The number of benzene rings is 2. The number of H-pyrrole nitrogens is 1. The highest BCUT2D eigenvalue weighted by molar-refractivity contribution is 6.01. The molecule has 0 fully saturated rings. The number of fused-ring (bicyclic) bond motifs is 2. The van der Waals surface area contributed by atoms with Crippen molar-refractivity contribution in [1.29, 1.82) is 0 Å². The number of nitrogens with zero attached hydrogens (tertiary/aromatic N) is 3. The molecule has 128 valence electrons. The molecular formula is C19H15N5O2. The normalized spacial score (nSPS) is 13.2. The Kier molecular flexibility index (Phi) is 2.94. The van der Waals surface area contributed by atoms with Crippen LogP contribution < -0.4 is 5.32 Å². The van der Waals surface area contributed by atoms with Gasteiger partial charge in [-0.1, -0.05) is 30.3 Å². The van der Waals surface area contributed by atoms with Crippen LogP contribution in [0.5, 0.6) is 5.75 Å². The molecule has 0 unspecified atom stereocenters. The van der Waals surface area contributed by atoms with Gasteiger partial charge in [-0.3, -0.25) is 9.48 Å². The average molecular weight is 345 g/mol. The van der Waals surface area contributed by atoms with Crippen LogP contribution in [-0.2, 0) is 13.6 Å². The van der Waals surface area contributed by atoms with E-state index in [0.29, 0.717) is 34.8 Å². The van der Waals surface area contributed by atoms with Crippen LogP contribution in [0.25, 0.3) is 33.8 Å². The summed E-state index contributed by atoms with van der Waals surface area (Å²) in [5.41, 5.74) is 4.93. The minimum Gasteiger partial charge on any atom is -0.504 e. The summed E-state index contributed by atoms with van der Waals surface area (Å²) in [6.07, 6.45) is 0. The standard InChI is InChI=1S/C19H15N5O2/c1-24-16(17(25)15(23-24)10-5-3-2-4-6-10)18-21-13-7-11-9-20-19(26)12(11)8-14(13)22-18/h2-8,25H,9H2,1H3,(H,20,26)(H,21,22). The van der Waals surface area contributed by atoms with E-state index in [9.17, 15) is 9.90 Å². The smallest absolute Gasteiger partial charge is 0.251 e. The maximum absolute atomic E-state index is 11.9. The van der Waals surface area contributed by atoms with Gasteiger partial charge >= 0.3 is 0 Å². The van der Waals surface area contributed by atoms with Gasteiger partial charge in [0, 0.05) is 24.7 Å². The number of imidazole rings is 1. The second kappa shape index (κ2) is 5.19. The first-order chi connectivity index (χ1) is 12.6. The molecule has 4 aromatic rings. The first-order valence-electron chi connectivity index (χ1n) is 8.24. The van der Waals surface area contributed by atoms with Crippen LogP contribution in [0.1, 0.15) is 15.9 Å².